The van der Waals surface area contributed by atoms with Crippen molar-refractivity contribution in [2.45, 2.75) is 25.4 Å². The number of halogens is 1. The molecule has 1 amide bonds. The molecule has 0 unspecified atom stereocenters. The van der Waals surface area contributed by atoms with Crippen LogP contribution >= 0.6 is 22.9 Å². The Labute approximate surface area is 205 Å². The minimum atomic E-state index is -0.530. The van der Waals surface area contributed by atoms with Crippen molar-refractivity contribution < 1.29 is 4.79 Å². The highest BCUT2D eigenvalue weighted by Crippen LogP contribution is 2.22. The number of thiophene rings is 1. The number of anilines is 1. The van der Waals surface area contributed by atoms with Gasteiger partial charge in [-0.25, -0.2) is 0 Å². The molecule has 1 saturated heterocycles. The fraction of sp³-hybridized carbons (Fsp3) is 0.346. The zero-order valence-corrected chi connectivity index (χ0v) is 20.3. The third kappa shape index (κ3) is 6.58. The normalized spacial score (nSPS) is 15.0. The largest absolute Gasteiger partial charge is 0.368 e. The van der Waals surface area contributed by atoms with Crippen LogP contribution in [0.1, 0.15) is 16.0 Å². The van der Waals surface area contributed by atoms with Crippen molar-refractivity contribution in [2.75, 3.05) is 37.6 Å². The molecule has 1 atom stereocenters. The van der Waals surface area contributed by atoms with E-state index in [4.69, 9.17) is 17.3 Å². The summed E-state index contributed by atoms with van der Waals surface area (Å²) < 4.78 is 0. The van der Waals surface area contributed by atoms with Crippen molar-refractivity contribution in [3.05, 3.63) is 87.1 Å². The summed E-state index contributed by atoms with van der Waals surface area (Å²) in [5.41, 5.74) is 9.82. The molecule has 0 aliphatic carbocycles. The molecule has 0 spiro atoms. The third-order valence-electron chi connectivity index (χ3n) is 6.05. The number of nitrogens with zero attached hydrogens (tertiary/aromatic N) is 2. The van der Waals surface area contributed by atoms with E-state index in [-0.39, 0.29) is 5.91 Å². The average molecular weight is 483 g/mol. The zero-order chi connectivity index (χ0) is 23.0. The predicted molar refractivity (Wildman–Crippen MR) is 138 cm³/mol. The molecule has 0 radical (unpaired) electrons. The number of carbonyl (C=O) groups is 1. The van der Waals surface area contributed by atoms with Crippen LogP contribution in [-0.4, -0.2) is 49.6 Å². The highest BCUT2D eigenvalue weighted by molar-refractivity contribution is 7.09. The molecule has 0 saturated carbocycles. The molecule has 174 valence electrons. The lowest BCUT2D eigenvalue weighted by Crippen LogP contribution is -2.53. The van der Waals surface area contributed by atoms with Gasteiger partial charge in [0.1, 0.15) is 0 Å². The minimum absolute atomic E-state index is 0.0214. The lowest BCUT2D eigenvalue weighted by atomic mass is 10.0. The number of rotatable bonds is 9. The van der Waals surface area contributed by atoms with Crippen LogP contribution < -0.4 is 16.0 Å². The molecular weight excluding hydrogens is 452 g/mol. The Bertz CT molecular complexity index is 1020. The lowest BCUT2D eigenvalue weighted by molar-refractivity contribution is -0.132. The van der Waals surface area contributed by atoms with Crippen molar-refractivity contribution in [2.24, 2.45) is 5.73 Å². The SMILES string of the molecule is N[C@H](Cc1ccc(Cl)cc1)C(=O)N1CCN(c2ccccc2CNCCc2cccs2)CC1. The summed E-state index contributed by atoms with van der Waals surface area (Å²) in [6, 6.07) is 19.8. The van der Waals surface area contributed by atoms with Gasteiger partial charge in [0.2, 0.25) is 5.91 Å². The van der Waals surface area contributed by atoms with Gasteiger partial charge in [0.05, 0.1) is 6.04 Å². The molecule has 3 N–H and O–H groups in total. The Kier molecular flexibility index (Phi) is 8.40. The van der Waals surface area contributed by atoms with E-state index in [9.17, 15) is 4.79 Å². The highest BCUT2D eigenvalue weighted by Gasteiger charge is 2.26. The number of piperazine rings is 1. The maximum absolute atomic E-state index is 12.9. The van der Waals surface area contributed by atoms with Crippen molar-refractivity contribution in [3.8, 4) is 0 Å². The molecular formula is C26H31ClN4OS. The quantitative estimate of drug-likeness (QED) is 0.453. The summed E-state index contributed by atoms with van der Waals surface area (Å²) in [6.07, 6.45) is 1.58. The minimum Gasteiger partial charge on any atom is -0.368 e. The highest BCUT2D eigenvalue weighted by atomic mass is 35.5. The summed E-state index contributed by atoms with van der Waals surface area (Å²) in [4.78, 5) is 18.6. The summed E-state index contributed by atoms with van der Waals surface area (Å²) in [6.45, 7) is 4.80. The third-order valence-corrected chi connectivity index (χ3v) is 7.24. The second kappa shape index (κ2) is 11.7. The monoisotopic (exact) mass is 482 g/mol. The molecule has 0 bridgehead atoms. The Morgan fingerprint density at radius 1 is 1.03 bits per heavy atom. The number of carbonyl (C=O) groups excluding carboxylic acids is 1. The molecule has 1 aliphatic heterocycles. The van der Waals surface area contributed by atoms with Crippen LogP contribution in [0.4, 0.5) is 5.69 Å². The van der Waals surface area contributed by atoms with Crippen LogP contribution in [0, 0.1) is 0 Å². The van der Waals surface area contributed by atoms with Crippen LogP contribution in [0.3, 0.4) is 0 Å². The summed E-state index contributed by atoms with van der Waals surface area (Å²) in [5, 5.41) is 6.39. The number of nitrogens with two attached hydrogens (primary N) is 1. The predicted octanol–water partition coefficient (Wildman–Crippen LogP) is 3.95. The first-order valence-corrected chi connectivity index (χ1v) is 12.7. The number of hydrogen-bond donors (Lipinski definition) is 2. The molecule has 7 heteroatoms. The maximum atomic E-state index is 12.9. The second-order valence-electron chi connectivity index (χ2n) is 8.38. The van der Waals surface area contributed by atoms with Crippen molar-refractivity contribution >= 4 is 34.5 Å². The van der Waals surface area contributed by atoms with Gasteiger partial charge in [-0.15, -0.1) is 11.3 Å². The molecule has 33 heavy (non-hydrogen) atoms. The van der Waals surface area contributed by atoms with E-state index in [2.05, 4.69) is 52.0 Å². The van der Waals surface area contributed by atoms with Crippen molar-refractivity contribution in [3.63, 3.8) is 0 Å². The van der Waals surface area contributed by atoms with Crippen molar-refractivity contribution in [1.29, 1.82) is 0 Å². The molecule has 4 rings (SSSR count). The van der Waals surface area contributed by atoms with Gasteiger partial charge in [0.25, 0.3) is 0 Å². The molecule has 1 aliphatic rings. The van der Waals surface area contributed by atoms with Gasteiger partial charge < -0.3 is 20.9 Å². The van der Waals surface area contributed by atoms with E-state index in [0.717, 1.165) is 38.2 Å². The fourth-order valence-electron chi connectivity index (χ4n) is 4.22. The maximum Gasteiger partial charge on any atom is 0.239 e. The van der Waals surface area contributed by atoms with E-state index < -0.39 is 6.04 Å². The first-order valence-electron chi connectivity index (χ1n) is 11.4. The van der Waals surface area contributed by atoms with E-state index in [0.29, 0.717) is 24.5 Å². The number of nitrogens with one attached hydrogen (secondary N) is 1. The molecule has 2 heterocycles. The van der Waals surface area contributed by atoms with Gasteiger partial charge in [-0.2, -0.15) is 0 Å². The van der Waals surface area contributed by atoms with Gasteiger partial charge in [0.15, 0.2) is 0 Å². The average Bonchev–Trinajstić information content (AvgIpc) is 3.37. The number of amides is 1. The summed E-state index contributed by atoms with van der Waals surface area (Å²) in [5.74, 6) is 0.0214. The Morgan fingerprint density at radius 2 is 1.79 bits per heavy atom. The van der Waals surface area contributed by atoms with Gasteiger partial charge >= 0.3 is 0 Å². The van der Waals surface area contributed by atoms with Crippen LogP contribution in [0.25, 0.3) is 0 Å². The fourth-order valence-corrected chi connectivity index (χ4v) is 5.06. The van der Waals surface area contributed by atoms with Gasteiger partial charge in [-0.05, 0) is 53.6 Å². The second-order valence-corrected chi connectivity index (χ2v) is 9.85. The first-order chi connectivity index (χ1) is 16.1. The van der Waals surface area contributed by atoms with Crippen LogP contribution in [0.2, 0.25) is 5.02 Å². The molecule has 1 aromatic heterocycles. The Balaban J connectivity index is 1.27. The van der Waals surface area contributed by atoms with E-state index in [1.165, 1.54) is 16.1 Å². The van der Waals surface area contributed by atoms with E-state index in [1.54, 1.807) is 11.3 Å². The standard InChI is InChI=1S/C26H31ClN4OS/c27-22-9-7-20(8-10-22)18-24(28)26(32)31-15-13-30(14-16-31)25-6-2-1-4-21(25)19-29-12-11-23-5-3-17-33-23/h1-10,17,24,29H,11-16,18-19,28H2/t24-/m1/s1. The number of para-hydroxylation sites is 1. The number of hydrogen-bond acceptors (Lipinski definition) is 5. The molecule has 2 aromatic carbocycles. The van der Waals surface area contributed by atoms with Crippen LogP contribution in [0.15, 0.2) is 66.0 Å². The molecule has 5 nitrogen and oxygen atoms in total. The van der Waals surface area contributed by atoms with Crippen molar-refractivity contribution in [1.82, 2.24) is 10.2 Å². The van der Waals surface area contributed by atoms with E-state index >= 15 is 0 Å². The molecule has 3 aromatic rings. The van der Waals surface area contributed by atoms with Crippen LogP contribution in [0.5, 0.6) is 0 Å². The topological polar surface area (TPSA) is 61.6 Å². The summed E-state index contributed by atoms with van der Waals surface area (Å²) in [7, 11) is 0. The molecule has 1 fully saturated rings. The van der Waals surface area contributed by atoms with Gasteiger partial charge in [0, 0.05) is 54.9 Å². The Morgan fingerprint density at radius 3 is 2.52 bits per heavy atom. The Hall–Kier alpha value is -2.38. The van der Waals surface area contributed by atoms with Gasteiger partial charge in [-0.1, -0.05) is 48.0 Å². The van der Waals surface area contributed by atoms with E-state index in [1.807, 2.05) is 29.2 Å². The zero-order valence-electron chi connectivity index (χ0n) is 18.8. The van der Waals surface area contributed by atoms with Gasteiger partial charge in [-0.3, -0.25) is 4.79 Å². The number of benzene rings is 2. The lowest BCUT2D eigenvalue weighted by Gasteiger charge is -2.38. The smallest absolute Gasteiger partial charge is 0.239 e. The van der Waals surface area contributed by atoms with Crippen LogP contribution in [-0.2, 0) is 24.2 Å². The summed E-state index contributed by atoms with van der Waals surface area (Å²) >= 11 is 7.76. The first kappa shape index (κ1) is 23.8.